The van der Waals surface area contributed by atoms with E-state index in [1.807, 2.05) is 75.8 Å². The molecule has 2 atom stereocenters. The first kappa shape index (κ1) is 70.1. The Hall–Kier alpha value is -11.8. The van der Waals surface area contributed by atoms with Crippen molar-refractivity contribution < 1.29 is 23.7 Å². The van der Waals surface area contributed by atoms with Crippen LogP contribution < -0.4 is 40.0 Å². The summed E-state index contributed by atoms with van der Waals surface area (Å²) in [5, 5.41) is 51.8. The lowest BCUT2D eigenvalue weighted by Gasteiger charge is -2.60. The molecule has 3 N–H and O–H groups in total. The number of ether oxygens (including phenoxy) is 4. The van der Waals surface area contributed by atoms with Crippen LogP contribution in [-0.4, -0.2) is 134 Å². The van der Waals surface area contributed by atoms with Crippen molar-refractivity contribution in [3.05, 3.63) is 168 Å². The zero-order valence-electron chi connectivity index (χ0n) is 58.1. The number of nitriles is 3. The number of pyridine rings is 6. The van der Waals surface area contributed by atoms with Crippen molar-refractivity contribution in [2.24, 2.45) is 11.8 Å². The molecule has 2 bridgehead atoms. The van der Waals surface area contributed by atoms with Gasteiger partial charge in [0, 0.05) is 127 Å². The van der Waals surface area contributed by atoms with Crippen LogP contribution in [0.2, 0.25) is 0 Å². The number of aromatic nitrogens is 9. The number of nitrogens with zero attached hydrogens (tertiary/aromatic N) is 14. The first-order valence-corrected chi connectivity index (χ1v) is 34.7. The smallest absolute Gasteiger partial charge is 0.296 e. The van der Waals surface area contributed by atoms with E-state index in [1.165, 1.54) is 5.56 Å². The summed E-state index contributed by atoms with van der Waals surface area (Å²) < 4.78 is 27.2. The lowest BCUT2D eigenvalue weighted by atomic mass is 9.50. The molecule has 15 rings (SSSR count). The molecule has 2 unspecified atom stereocenters. The Morgan fingerprint density at radius 1 is 0.578 bits per heavy atom. The number of fused-ring (bicyclic) bond motifs is 5. The molecule has 0 spiro atoms. The SMILES string of the molecule is C#CC(=O)NC1(C)C2CC(c3ccc(-c4cc(OCC)cn5ncc(C#N)c45)cn3)CC1C2.C#Cc1ccc(CNC2CCN(c3ccc(-c4cc(OCC)cn5ncc(C#N)c45)cn3)CC2)cc1.CCOc1cc(-c2ccc(N3CCC(NCC#CCOC)CC3)nc2)c2c(C#N)cnn2c1. The monoisotopic (exact) mass is 1360 g/mol. The van der Waals surface area contributed by atoms with Gasteiger partial charge in [-0.05, 0) is 157 Å². The molecule has 3 aliphatic carbocycles. The molecule has 1 aromatic carbocycles. The zero-order chi connectivity index (χ0) is 71.1. The van der Waals surface area contributed by atoms with Crippen LogP contribution in [0.25, 0.3) is 49.9 Å². The van der Waals surface area contributed by atoms with Gasteiger partial charge in [0.2, 0.25) is 0 Å². The minimum absolute atomic E-state index is 0.207. The molecular weight excluding hydrogens is 1280 g/mol. The first-order valence-electron chi connectivity index (χ1n) is 34.7. The molecule has 0 radical (unpaired) electrons. The van der Waals surface area contributed by atoms with Gasteiger partial charge in [-0.15, -0.1) is 12.8 Å². The van der Waals surface area contributed by atoms with Crippen LogP contribution in [0.15, 0.2) is 135 Å². The summed E-state index contributed by atoms with van der Waals surface area (Å²) in [6.45, 7) is 15.4. The van der Waals surface area contributed by atoms with E-state index < -0.39 is 0 Å². The maximum absolute atomic E-state index is 11.8. The van der Waals surface area contributed by atoms with Crippen LogP contribution in [0.5, 0.6) is 17.2 Å². The van der Waals surface area contributed by atoms with Crippen molar-refractivity contribution in [3.8, 4) is 105 Å². The fraction of sp³-hybridized carbons (Fsp3) is 0.350. The molecule has 1 amide bonds. The van der Waals surface area contributed by atoms with Crippen LogP contribution in [-0.2, 0) is 16.1 Å². The second-order valence-electron chi connectivity index (χ2n) is 25.8. The number of benzene rings is 1. The van der Waals surface area contributed by atoms with E-state index in [1.54, 1.807) is 57.8 Å². The number of carbonyl (C=O) groups is 1. The van der Waals surface area contributed by atoms with Crippen LogP contribution in [0.1, 0.15) is 112 Å². The number of hydrogen-bond acceptors (Lipinski definition) is 18. The van der Waals surface area contributed by atoms with Gasteiger partial charge in [-0.25, -0.2) is 23.5 Å². The van der Waals surface area contributed by atoms with Crippen molar-refractivity contribution in [3.63, 3.8) is 0 Å². The number of piperidine rings is 2. The number of methoxy groups -OCH3 is 1. The topological polar surface area (TPSA) is 258 Å². The van der Waals surface area contributed by atoms with Gasteiger partial charge >= 0.3 is 0 Å². The second-order valence-corrected chi connectivity index (χ2v) is 25.8. The van der Waals surface area contributed by atoms with E-state index >= 15 is 0 Å². The average molecular weight is 1360 g/mol. The fourth-order valence-corrected chi connectivity index (χ4v) is 14.4. The van der Waals surface area contributed by atoms with Crippen LogP contribution in [0.4, 0.5) is 11.6 Å². The molecule has 102 heavy (non-hydrogen) atoms. The Bertz CT molecular complexity index is 4870. The number of terminal acetylenes is 2. The number of carbonyl (C=O) groups excluding carboxylic acids is 1. The van der Waals surface area contributed by atoms with E-state index in [2.05, 4.69) is 132 Å². The molecule has 22 heteroatoms. The zero-order valence-corrected chi connectivity index (χ0v) is 58.1. The third kappa shape index (κ3) is 15.6. The summed E-state index contributed by atoms with van der Waals surface area (Å²) in [7, 11) is 1.65. The lowest BCUT2D eigenvalue weighted by Crippen LogP contribution is -2.66. The van der Waals surface area contributed by atoms with Crippen LogP contribution in [0.3, 0.4) is 0 Å². The normalized spacial score (nSPS) is 17.7. The van der Waals surface area contributed by atoms with Gasteiger partial charge in [-0.3, -0.25) is 9.78 Å². The third-order valence-corrected chi connectivity index (χ3v) is 19.8. The highest BCUT2D eigenvalue weighted by Gasteiger charge is 2.57. The molecular formula is C80H81N17O5. The van der Waals surface area contributed by atoms with E-state index in [4.69, 9.17) is 46.7 Å². The van der Waals surface area contributed by atoms with Gasteiger partial charge in [0.05, 0.1) is 96.8 Å². The first-order chi connectivity index (χ1) is 49.9. The molecule has 3 saturated carbocycles. The van der Waals surface area contributed by atoms with Gasteiger partial charge in [0.15, 0.2) is 0 Å². The largest absolute Gasteiger partial charge is 0.492 e. The molecule has 22 nitrogen and oxygen atoms in total. The molecule has 9 aromatic heterocycles. The van der Waals surface area contributed by atoms with Crippen LogP contribution in [0, 0.1) is 82.4 Å². The Kier molecular flexibility index (Phi) is 22.3. The maximum Gasteiger partial charge on any atom is 0.296 e. The Balaban J connectivity index is 0.000000145. The molecule has 2 saturated heterocycles. The number of anilines is 2. The second kappa shape index (κ2) is 32.5. The average Bonchev–Trinajstić information content (AvgIpc) is 0.923. The van der Waals surface area contributed by atoms with E-state index in [9.17, 15) is 20.6 Å². The summed E-state index contributed by atoms with van der Waals surface area (Å²) in [5.74, 6) is 15.8. The van der Waals surface area contributed by atoms with Gasteiger partial charge in [-0.1, -0.05) is 36.0 Å². The summed E-state index contributed by atoms with van der Waals surface area (Å²) in [6.07, 6.45) is 33.7. The van der Waals surface area contributed by atoms with Crippen molar-refractivity contribution in [1.82, 2.24) is 59.7 Å². The fourth-order valence-electron chi connectivity index (χ4n) is 14.4. The summed E-state index contributed by atoms with van der Waals surface area (Å²) in [5.41, 5.74) is 12.2. The standard InChI is InChI=1S/C29H28N6O.C26H25N5O2.C25H28N6O2/c1-3-21-5-7-22(8-6-21)17-31-25-11-13-34(14-12-25)28-10-9-23(18-32-28)27-15-26(36-4-2)20-35-29(27)24(16-30)19-33-35;1-4-24(32)30-26(3)19-8-17(9-20(26)10-19)23-7-6-16(13-28-23)22-11-21(33-5-2)15-31-25(22)18(12-27)14-29-31;1-3-33-22-14-23(25-20(15-26)17-29-31(25)18-22)19-6-7-24(28-16-19)30-11-8-21(9-12-30)27-10-4-5-13-32-2/h1,5-10,15,18-20,25,31H,4,11-14,17H2,2H3;1,6-7,11,13-15,17,19-20H,5,8-10H2,2-3H3,(H,30,32);6-7,14,16-18,21,27H,3,8-13H2,1-2H3. The predicted molar refractivity (Wildman–Crippen MR) is 391 cm³/mol. The van der Waals surface area contributed by atoms with Crippen molar-refractivity contribution >= 4 is 34.1 Å². The predicted octanol–water partition coefficient (Wildman–Crippen LogP) is 11.0. The maximum atomic E-state index is 11.8. The number of rotatable bonds is 19. The van der Waals surface area contributed by atoms with Crippen molar-refractivity contribution in [2.75, 3.05) is 76.1 Å². The van der Waals surface area contributed by atoms with E-state index in [0.29, 0.717) is 96.7 Å². The Morgan fingerprint density at radius 3 is 1.42 bits per heavy atom. The number of amides is 1. The highest BCUT2D eigenvalue weighted by molar-refractivity contribution is 5.93. The number of nitrogens with one attached hydrogen (secondary N) is 3. The van der Waals surface area contributed by atoms with Crippen molar-refractivity contribution in [1.29, 1.82) is 15.8 Å². The quantitative estimate of drug-likeness (QED) is 0.0636. The molecule has 11 heterocycles. The minimum atomic E-state index is -0.328. The third-order valence-electron chi connectivity index (χ3n) is 19.8. The summed E-state index contributed by atoms with van der Waals surface area (Å²) in [4.78, 5) is 30.7. The van der Waals surface area contributed by atoms with Crippen LogP contribution >= 0.6 is 0 Å². The summed E-state index contributed by atoms with van der Waals surface area (Å²) in [6, 6.07) is 34.0. The lowest BCUT2D eigenvalue weighted by molar-refractivity contribution is -0.125. The van der Waals surface area contributed by atoms with E-state index in [0.717, 1.165) is 150 Å². The Morgan fingerprint density at radius 2 is 1.03 bits per heavy atom. The molecule has 5 fully saturated rings. The molecule has 516 valence electrons. The molecule has 5 aliphatic rings. The van der Waals surface area contributed by atoms with E-state index in [-0.39, 0.29) is 11.4 Å². The number of hydrogen-bond donors (Lipinski definition) is 3. The van der Waals surface area contributed by atoms with Gasteiger partial charge in [0.25, 0.3) is 5.91 Å². The minimum Gasteiger partial charge on any atom is -0.492 e. The highest BCUT2D eigenvalue weighted by Crippen LogP contribution is 2.57. The highest BCUT2D eigenvalue weighted by atomic mass is 16.5. The van der Waals surface area contributed by atoms with Gasteiger partial charge < -0.3 is 44.7 Å². The Labute approximate surface area is 594 Å². The van der Waals surface area contributed by atoms with Gasteiger partial charge in [0.1, 0.15) is 53.7 Å². The van der Waals surface area contributed by atoms with Crippen molar-refractivity contribution in [2.45, 2.75) is 103 Å². The summed E-state index contributed by atoms with van der Waals surface area (Å²) >= 11 is 0. The molecule has 2 aliphatic heterocycles. The molecule has 10 aromatic rings. The van der Waals surface area contributed by atoms with Gasteiger partial charge in [-0.2, -0.15) is 31.1 Å².